The summed E-state index contributed by atoms with van der Waals surface area (Å²) < 4.78 is 11.3. The number of nitrogen functional groups attached to an aromatic ring is 1. The summed E-state index contributed by atoms with van der Waals surface area (Å²) >= 11 is 0. The van der Waals surface area contributed by atoms with Crippen LogP contribution in [0.1, 0.15) is 12.6 Å². The molecule has 3 rings (SSSR count). The largest absolute Gasteiger partial charge is 0.457 e. The molecule has 8 heteroatoms. The van der Waals surface area contributed by atoms with Crippen molar-refractivity contribution in [3.8, 4) is 0 Å². The molecule has 96 valence electrons. The standard InChI is InChI=1S/C10H11N3O5/c11-6-1-2-13(10(16)12-6)8-4(14)3-5-7(18-8)9(15)17-5/h1-2,4-5,7-8,14H,3H2,(H2,11,12,16)/t4-,5-,7+,8-/m1/s1. The topological polar surface area (TPSA) is 117 Å². The van der Waals surface area contributed by atoms with Crippen LogP contribution in [0, 0.1) is 0 Å². The molecule has 0 amide bonds. The summed E-state index contributed by atoms with van der Waals surface area (Å²) in [4.78, 5) is 26.3. The van der Waals surface area contributed by atoms with Gasteiger partial charge in [-0.2, -0.15) is 4.98 Å². The second-order valence-electron chi connectivity index (χ2n) is 4.27. The molecule has 0 spiro atoms. The average molecular weight is 253 g/mol. The van der Waals surface area contributed by atoms with Crippen molar-refractivity contribution in [3.05, 3.63) is 22.7 Å². The zero-order valence-corrected chi connectivity index (χ0v) is 9.22. The molecule has 3 N–H and O–H groups in total. The van der Waals surface area contributed by atoms with Gasteiger partial charge in [0.1, 0.15) is 18.0 Å². The molecule has 0 saturated carbocycles. The number of nitrogens with zero attached hydrogens (tertiary/aromatic N) is 2. The lowest BCUT2D eigenvalue weighted by molar-refractivity contribution is -0.260. The molecule has 4 atom stereocenters. The van der Waals surface area contributed by atoms with Gasteiger partial charge in [-0.1, -0.05) is 0 Å². The Hall–Kier alpha value is -1.93. The van der Waals surface area contributed by atoms with Gasteiger partial charge in [0.2, 0.25) is 0 Å². The number of hydrogen-bond donors (Lipinski definition) is 2. The first-order chi connectivity index (χ1) is 8.56. The minimum Gasteiger partial charge on any atom is -0.457 e. The van der Waals surface area contributed by atoms with E-state index in [-0.39, 0.29) is 12.2 Å². The van der Waals surface area contributed by atoms with Crippen LogP contribution in [0.3, 0.4) is 0 Å². The van der Waals surface area contributed by atoms with Crippen molar-refractivity contribution < 1.29 is 19.4 Å². The molecule has 2 saturated heterocycles. The van der Waals surface area contributed by atoms with Gasteiger partial charge in [-0.15, -0.1) is 0 Å². The number of carbonyl (C=O) groups is 1. The Bertz CT molecular complexity index is 557. The van der Waals surface area contributed by atoms with Gasteiger partial charge in [0.05, 0.1) is 0 Å². The van der Waals surface area contributed by atoms with Gasteiger partial charge in [0, 0.05) is 12.6 Å². The van der Waals surface area contributed by atoms with Gasteiger partial charge in [-0.05, 0) is 6.07 Å². The van der Waals surface area contributed by atoms with Crippen LogP contribution in [-0.4, -0.2) is 38.9 Å². The van der Waals surface area contributed by atoms with E-state index in [2.05, 4.69) is 4.98 Å². The first kappa shape index (κ1) is 11.2. The average Bonchev–Trinajstić information content (AvgIpc) is 2.30. The Balaban J connectivity index is 1.91. The SMILES string of the molecule is Nc1ccn([C@@H]2O[C@@H]3C(=O)O[C@@H]3C[C@H]2O)c(=O)n1. The van der Waals surface area contributed by atoms with Crippen molar-refractivity contribution in [1.29, 1.82) is 0 Å². The summed E-state index contributed by atoms with van der Waals surface area (Å²) in [5.41, 5.74) is 4.74. The second kappa shape index (κ2) is 3.79. The van der Waals surface area contributed by atoms with Gasteiger partial charge in [0.15, 0.2) is 12.3 Å². The maximum absolute atomic E-state index is 11.6. The maximum Gasteiger partial charge on any atom is 0.351 e. The Morgan fingerprint density at radius 3 is 2.94 bits per heavy atom. The quantitative estimate of drug-likeness (QED) is 0.579. The van der Waals surface area contributed by atoms with Crippen molar-refractivity contribution in [2.24, 2.45) is 0 Å². The Morgan fingerprint density at radius 1 is 1.50 bits per heavy atom. The molecule has 0 bridgehead atoms. The summed E-state index contributed by atoms with van der Waals surface area (Å²) in [6.07, 6.45) is -1.42. The first-order valence-electron chi connectivity index (χ1n) is 5.45. The molecule has 2 aliphatic rings. The molecule has 8 nitrogen and oxygen atoms in total. The number of hydrogen-bond acceptors (Lipinski definition) is 7. The van der Waals surface area contributed by atoms with Crippen LogP contribution in [0.2, 0.25) is 0 Å². The van der Waals surface area contributed by atoms with Crippen molar-refractivity contribution in [3.63, 3.8) is 0 Å². The number of fused-ring (bicyclic) bond motifs is 1. The molecule has 3 heterocycles. The first-order valence-corrected chi connectivity index (χ1v) is 5.45. The number of ether oxygens (including phenoxy) is 2. The van der Waals surface area contributed by atoms with E-state index in [1.54, 1.807) is 0 Å². The maximum atomic E-state index is 11.6. The minimum atomic E-state index is -0.945. The fraction of sp³-hybridized carbons (Fsp3) is 0.500. The summed E-state index contributed by atoms with van der Waals surface area (Å²) in [5.74, 6) is -0.393. The Labute approximate surface area is 101 Å². The minimum absolute atomic E-state index is 0.0856. The molecule has 0 aromatic carbocycles. The van der Waals surface area contributed by atoms with Crippen LogP contribution in [-0.2, 0) is 14.3 Å². The van der Waals surface area contributed by atoms with Crippen LogP contribution >= 0.6 is 0 Å². The molecular formula is C10H11N3O5. The molecule has 0 unspecified atom stereocenters. The lowest BCUT2D eigenvalue weighted by Crippen LogP contribution is -2.59. The predicted molar refractivity (Wildman–Crippen MR) is 57.3 cm³/mol. The number of aromatic nitrogens is 2. The highest BCUT2D eigenvalue weighted by Crippen LogP contribution is 2.34. The monoisotopic (exact) mass is 253 g/mol. The molecule has 1 aromatic heterocycles. The van der Waals surface area contributed by atoms with E-state index in [0.29, 0.717) is 0 Å². The summed E-state index contributed by atoms with van der Waals surface area (Å²) in [6, 6.07) is 1.42. The molecular weight excluding hydrogens is 242 g/mol. The van der Waals surface area contributed by atoms with Crippen LogP contribution in [0.4, 0.5) is 5.82 Å². The van der Waals surface area contributed by atoms with E-state index in [4.69, 9.17) is 15.2 Å². The zero-order valence-electron chi connectivity index (χ0n) is 9.22. The summed E-state index contributed by atoms with van der Waals surface area (Å²) in [7, 11) is 0. The van der Waals surface area contributed by atoms with Gasteiger partial charge in [-0.3, -0.25) is 4.57 Å². The van der Waals surface area contributed by atoms with E-state index >= 15 is 0 Å². The number of nitrogens with two attached hydrogens (primary N) is 1. The van der Waals surface area contributed by atoms with Gasteiger partial charge < -0.3 is 20.3 Å². The van der Waals surface area contributed by atoms with E-state index in [1.165, 1.54) is 12.3 Å². The molecule has 0 aliphatic carbocycles. The van der Waals surface area contributed by atoms with Gasteiger partial charge in [-0.25, -0.2) is 9.59 Å². The van der Waals surface area contributed by atoms with Crippen molar-refractivity contribution in [2.45, 2.75) is 31.0 Å². The molecule has 2 aliphatic heterocycles. The summed E-state index contributed by atoms with van der Waals surface area (Å²) in [6.45, 7) is 0. The second-order valence-corrected chi connectivity index (χ2v) is 4.27. The lowest BCUT2D eigenvalue weighted by Gasteiger charge is -2.43. The summed E-state index contributed by atoms with van der Waals surface area (Å²) in [5, 5.41) is 9.89. The molecule has 0 radical (unpaired) electrons. The number of aliphatic hydroxyl groups is 1. The zero-order chi connectivity index (χ0) is 12.9. The smallest absolute Gasteiger partial charge is 0.351 e. The predicted octanol–water partition coefficient (Wildman–Crippen LogP) is -1.60. The number of esters is 1. The van der Waals surface area contributed by atoms with E-state index in [1.807, 2.05) is 0 Å². The van der Waals surface area contributed by atoms with Crippen molar-refractivity contribution in [1.82, 2.24) is 9.55 Å². The highest BCUT2D eigenvalue weighted by molar-refractivity contribution is 5.81. The number of carbonyl (C=O) groups excluding carboxylic acids is 1. The lowest BCUT2D eigenvalue weighted by atomic mass is 9.97. The van der Waals surface area contributed by atoms with E-state index < -0.39 is 36.2 Å². The number of rotatable bonds is 1. The van der Waals surface area contributed by atoms with Gasteiger partial charge >= 0.3 is 11.7 Å². The third-order valence-corrected chi connectivity index (χ3v) is 3.05. The van der Waals surface area contributed by atoms with Crippen LogP contribution in [0.15, 0.2) is 17.1 Å². The highest BCUT2D eigenvalue weighted by Gasteiger charge is 2.51. The highest BCUT2D eigenvalue weighted by atomic mass is 16.7. The third-order valence-electron chi connectivity index (χ3n) is 3.05. The Kier molecular flexibility index (Phi) is 2.35. The molecule has 18 heavy (non-hydrogen) atoms. The number of anilines is 1. The fourth-order valence-electron chi connectivity index (χ4n) is 2.14. The van der Waals surface area contributed by atoms with Crippen LogP contribution < -0.4 is 11.4 Å². The number of aliphatic hydroxyl groups excluding tert-OH is 1. The van der Waals surface area contributed by atoms with Gasteiger partial charge in [0.25, 0.3) is 0 Å². The van der Waals surface area contributed by atoms with Crippen LogP contribution in [0.5, 0.6) is 0 Å². The van der Waals surface area contributed by atoms with E-state index in [0.717, 1.165) is 4.57 Å². The molecule has 2 fully saturated rings. The third kappa shape index (κ3) is 1.57. The van der Waals surface area contributed by atoms with Crippen LogP contribution in [0.25, 0.3) is 0 Å². The van der Waals surface area contributed by atoms with Crippen molar-refractivity contribution >= 4 is 11.8 Å². The Morgan fingerprint density at radius 2 is 2.28 bits per heavy atom. The fourth-order valence-corrected chi connectivity index (χ4v) is 2.14. The van der Waals surface area contributed by atoms with E-state index in [9.17, 15) is 14.7 Å². The normalized spacial score (nSPS) is 34.4. The molecule has 1 aromatic rings. The van der Waals surface area contributed by atoms with Crippen molar-refractivity contribution in [2.75, 3.05) is 5.73 Å².